The Bertz CT molecular complexity index is 1230. The summed E-state index contributed by atoms with van der Waals surface area (Å²) in [7, 11) is 1.61. The number of rotatable bonds is 4. The lowest BCUT2D eigenvalue weighted by molar-refractivity contribution is 0.415. The van der Waals surface area contributed by atoms with Crippen molar-refractivity contribution < 1.29 is 4.74 Å². The molecule has 2 aromatic heterocycles. The van der Waals surface area contributed by atoms with E-state index in [1.165, 1.54) is 6.21 Å². The molecule has 9 heteroatoms. The van der Waals surface area contributed by atoms with Gasteiger partial charge in [0.25, 0.3) is 0 Å². The number of hydrogen-bond donors (Lipinski definition) is 1. The second-order valence-electron chi connectivity index (χ2n) is 5.79. The molecule has 1 N–H and O–H groups in total. The third-order valence-electron chi connectivity index (χ3n) is 3.96. The minimum Gasteiger partial charge on any atom is -0.497 e. The maximum Gasteiger partial charge on any atom is 0.185 e. The van der Waals surface area contributed by atoms with Gasteiger partial charge in [0.15, 0.2) is 11.0 Å². The standard InChI is InChI=1S/C19H12Cl3N5O/c1-28-13-3-5-14-10(7-13)6-11(17(21)24-14)9-23-27-19-18(22)25-15-4-2-12(20)8-16(15)26-19/h2-9H,1H3,(H,26,27)/b23-9-. The number of aromatic nitrogens is 3. The lowest BCUT2D eigenvalue weighted by Gasteiger charge is -2.06. The van der Waals surface area contributed by atoms with Gasteiger partial charge in [-0.25, -0.2) is 15.0 Å². The van der Waals surface area contributed by atoms with E-state index in [9.17, 15) is 0 Å². The zero-order valence-electron chi connectivity index (χ0n) is 14.4. The van der Waals surface area contributed by atoms with Gasteiger partial charge in [-0.2, -0.15) is 5.10 Å². The molecule has 140 valence electrons. The Morgan fingerprint density at radius 1 is 0.893 bits per heavy atom. The summed E-state index contributed by atoms with van der Waals surface area (Å²) in [5, 5.41) is 6.12. The summed E-state index contributed by atoms with van der Waals surface area (Å²) in [4.78, 5) is 13.0. The number of pyridine rings is 1. The predicted octanol–water partition coefficient (Wildman–Crippen LogP) is 5.59. The number of nitrogens with zero attached hydrogens (tertiary/aromatic N) is 4. The van der Waals surface area contributed by atoms with Gasteiger partial charge >= 0.3 is 0 Å². The van der Waals surface area contributed by atoms with Crippen LogP contribution in [-0.2, 0) is 0 Å². The molecule has 2 heterocycles. The van der Waals surface area contributed by atoms with E-state index >= 15 is 0 Å². The fraction of sp³-hybridized carbons (Fsp3) is 0.0526. The first-order valence-corrected chi connectivity index (χ1v) is 9.23. The summed E-state index contributed by atoms with van der Waals surface area (Å²) >= 11 is 18.4. The molecule has 4 rings (SSSR count). The van der Waals surface area contributed by atoms with Crippen LogP contribution in [0.4, 0.5) is 5.82 Å². The topological polar surface area (TPSA) is 72.3 Å². The second kappa shape index (κ2) is 7.75. The summed E-state index contributed by atoms with van der Waals surface area (Å²) in [6, 6.07) is 12.6. The first kappa shape index (κ1) is 18.7. The third kappa shape index (κ3) is 3.80. The van der Waals surface area contributed by atoms with Crippen molar-refractivity contribution in [3.05, 3.63) is 63.4 Å². The summed E-state index contributed by atoms with van der Waals surface area (Å²) in [6.07, 6.45) is 1.54. The van der Waals surface area contributed by atoms with Gasteiger partial charge in [0, 0.05) is 16.0 Å². The predicted molar refractivity (Wildman–Crippen MR) is 114 cm³/mol. The first-order chi connectivity index (χ1) is 13.5. The molecular formula is C19H12Cl3N5O. The van der Waals surface area contributed by atoms with Crippen LogP contribution in [0.5, 0.6) is 5.75 Å². The van der Waals surface area contributed by atoms with E-state index in [1.54, 1.807) is 25.3 Å². The van der Waals surface area contributed by atoms with E-state index in [4.69, 9.17) is 39.5 Å². The Hall–Kier alpha value is -2.67. The molecule has 0 atom stereocenters. The lowest BCUT2D eigenvalue weighted by atomic mass is 10.1. The van der Waals surface area contributed by atoms with Crippen molar-refractivity contribution in [3.8, 4) is 5.75 Å². The van der Waals surface area contributed by atoms with E-state index in [2.05, 4.69) is 25.5 Å². The van der Waals surface area contributed by atoms with E-state index in [0.717, 1.165) is 16.7 Å². The number of hydrogen-bond acceptors (Lipinski definition) is 6. The Morgan fingerprint density at radius 2 is 1.68 bits per heavy atom. The fourth-order valence-corrected chi connectivity index (χ4v) is 3.14. The number of hydrazone groups is 1. The Kier molecular flexibility index (Phi) is 5.17. The Morgan fingerprint density at radius 3 is 2.50 bits per heavy atom. The maximum atomic E-state index is 6.26. The van der Waals surface area contributed by atoms with Crippen LogP contribution < -0.4 is 10.2 Å². The molecule has 0 aliphatic carbocycles. The van der Waals surface area contributed by atoms with Crippen molar-refractivity contribution in [2.45, 2.75) is 0 Å². The summed E-state index contributed by atoms with van der Waals surface area (Å²) in [5.74, 6) is 1.04. The van der Waals surface area contributed by atoms with Gasteiger partial charge in [-0.1, -0.05) is 34.8 Å². The van der Waals surface area contributed by atoms with E-state index in [-0.39, 0.29) is 5.15 Å². The summed E-state index contributed by atoms with van der Waals surface area (Å²) in [6.45, 7) is 0. The Balaban J connectivity index is 1.63. The van der Waals surface area contributed by atoms with Gasteiger partial charge in [0.05, 0.1) is 29.9 Å². The smallest absolute Gasteiger partial charge is 0.185 e. The molecule has 4 aromatic rings. The van der Waals surface area contributed by atoms with Crippen molar-refractivity contribution >= 4 is 68.8 Å². The SMILES string of the molecule is COc1ccc2nc(Cl)c(/C=N\Nc3nc4cc(Cl)ccc4nc3Cl)cc2c1. The summed E-state index contributed by atoms with van der Waals surface area (Å²) < 4.78 is 5.24. The third-order valence-corrected chi connectivity index (χ3v) is 4.76. The highest BCUT2D eigenvalue weighted by molar-refractivity contribution is 6.33. The summed E-state index contributed by atoms with van der Waals surface area (Å²) in [5.41, 5.74) is 5.41. The van der Waals surface area contributed by atoms with Crippen molar-refractivity contribution in [1.82, 2.24) is 15.0 Å². The van der Waals surface area contributed by atoms with Crippen LogP contribution in [0, 0.1) is 0 Å². The first-order valence-electron chi connectivity index (χ1n) is 8.09. The van der Waals surface area contributed by atoms with Crippen LogP contribution in [-0.4, -0.2) is 28.3 Å². The molecule has 28 heavy (non-hydrogen) atoms. The average Bonchev–Trinajstić information content (AvgIpc) is 2.68. The van der Waals surface area contributed by atoms with E-state index < -0.39 is 0 Å². The zero-order chi connectivity index (χ0) is 19.7. The number of anilines is 1. The highest BCUT2D eigenvalue weighted by Crippen LogP contribution is 2.25. The van der Waals surface area contributed by atoms with Crippen molar-refractivity contribution in [3.63, 3.8) is 0 Å². The van der Waals surface area contributed by atoms with Gasteiger partial charge in [-0.05, 0) is 42.5 Å². The number of nitrogens with one attached hydrogen (secondary N) is 1. The number of halogens is 3. The maximum absolute atomic E-state index is 6.26. The fourth-order valence-electron chi connectivity index (χ4n) is 2.60. The van der Waals surface area contributed by atoms with Gasteiger partial charge in [-0.3, -0.25) is 5.43 Å². The molecular weight excluding hydrogens is 421 g/mol. The number of methoxy groups -OCH3 is 1. The molecule has 0 spiro atoms. The van der Waals surface area contributed by atoms with Crippen LogP contribution >= 0.6 is 34.8 Å². The number of fused-ring (bicyclic) bond motifs is 2. The zero-order valence-corrected chi connectivity index (χ0v) is 16.7. The second-order valence-corrected chi connectivity index (χ2v) is 6.95. The van der Waals surface area contributed by atoms with Crippen molar-refractivity contribution in [1.29, 1.82) is 0 Å². The van der Waals surface area contributed by atoms with E-state index in [1.807, 2.05) is 24.3 Å². The number of benzene rings is 2. The lowest BCUT2D eigenvalue weighted by Crippen LogP contribution is -1.98. The van der Waals surface area contributed by atoms with E-state index in [0.29, 0.717) is 32.6 Å². The minimum absolute atomic E-state index is 0.194. The molecule has 0 fully saturated rings. The molecule has 0 saturated carbocycles. The van der Waals surface area contributed by atoms with Crippen LogP contribution in [0.2, 0.25) is 15.3 Å². The van der Waals surface area contributed by atoms with Crippen LogP contribution in [0.25, 0.3) is 21.9 Å². The molecule has 0 aliphatic rings. The molecule has 0 bridgehead atoms. The number of ether oxygens (including phenoxy) is 1. The molecule has 0 aliphatic heterocycles. The van der Waals surface area contributed by atoms with Gasteiger partial charge < -0.3 is 4.74 Å². The average molecular weight is 433 g/mol. The molecule has 0 amide bonds. The van der Waals surface area contributed by atoms with Crippen LogP contribution in [0.15, 0.2) is 47.6 Å². The van der Waals surface area contributed by atoms with Gasteiger partial charge in [0.2, 0.25) is 0 Å². The Labute approximate surface area is 175 Å². The molecule has 2 aromatic carbocycles. The van der Waals surface area contributed by atoms with Crippen molar-refractivity contribution in [2.75, 3.05) is 12.5 Å². The monoisotopic (exact) mass is 431 g/mol. The molecule has 0 radical (unpaired) electrons. The minimum atomic E-state index is 0.194. The largest absolute Gasteiger partial charge is 0.497 e. The highest BCUT2D eigenvalue weighted by Gasteiger charge is 2.08. The highest BCUT2D eigenvalue weighted by atomic mass is 35.5. The quantitative estimate of drug-likeness (QED) is 0.258. The normalized spacial score (nSPS) is 11.4. The van der Waals surface area contributed by atoms with Gasteiger partial charge in [0.1, 0.15) is 10.9 Å². The van der Waals surface area contributed by atoms with Gasteiger partial charge in [-0.15, -0.1) is 0 Å². The van der Waals surface area contributed by atoms with Crippen LogP contribution in [0.1, 0.15) is 5.56 Å². The van der Waals surface area contributed by atoms with Crippen molar-refractivity contribution in [2.24, 2.45) is 5.10 Å². The van der Waals surface area contributed by atoms with Crippen LogP contribution in [0.3, 0.4) is 0 Å². The molecule has 6 nitrogen and oxygen atoms in total. The molecule has 0 unspecified atom stereocenters. The molecule has 0 saturated heterocycles.